The van der Waals surface area contributed by atoms with E-state index in [1.165, 1.54) is 7.11 Å². The molecular formula is C30H50O17. The van der Waals surface area contributed by atoms with Gasteiger partial charge in [0.2, 0.25) is 0 Å². The maximum atomic E-state index is 11.9. The number of hydrogen-bond donors (Lipinski definition) is 6. The van der Waals surface area contributed by atoms with Crippen molar-refractivity contribution < 1.29 is 82.8 Å². The van der Waals surface area contributed by atoms with Crippen LogP contribution in [-0.2, 0) is 52.2 Å². The van der Waals surface area contributed by atoms with Gasteiger partial charge >= 0.3 is 0 Å². The molecule has 17 heteroatoms. The molecule has 0 saturated carbocycles. The fraction of sp³-hybridized carbons (Fsp3) is 0.967. The van der Waals surface area contributed by atoms with Crippen LogP contribution in [-0.4, -0.2) is 168 Å². The van der Waals surface area contributed by atoms with E-state index in [0.29, 0.717) is 19.1 Å². The van der Waals surface area contributed by atoms with E-state index in [2.05, 4.69) is 0 Å². The van der Waals surface area contributed by atoms with E-state index in [9.17, 15) is 35.4 Å². The van der Waals surface area contributed by atoms with Crippen LogP contribution in [0.2, 0.25) is 0 Å². The van der Waals surface area contributed by atoms with Crippen LogP contribution >= 0.6 is 0 Å². The molecule has 0 aromatic carbocycles. The van der Waals surface area contributed by atoms with E-state index >= 15 is 0 Å². The second-order valence-electron chi connectivity index (χ2n) is 12.9. The summed E-state index contributed by atoms with van der Waals surface area (Å²) in [6.45, 7) is 5.08. The normalized spacial score (nSPS) is 51.4. The van der Waals surface area contributed by atoms with Crippen LogP contribution in [0.4, 0.5) is 0 Å². The van der Waals surface area contributed by atoms with Crippen molar-refractivity contribution in [3.63, 3.8) is 0 Å². The van der Waals surface area contributed by atoms with E-state index in [4.69, 9.17) is 47.4 Å². The third-order valence-electron chi connectivity index (χ3n) is 9.43. The fourth-order valence-corrected chi connectivity index (χ4v) is 6.61. The number of hydrogen-bond acceptors (Lipinski definition) is 17. The first-order valence-electron chi connectivity index (χ1n) is 16.3. The molecule has 0 amide bonds. The topological polar surface area (TPSA) is 231 Å². The minimum absolute atomic E-state index is 0.0272. The molecule has 0 spiro atoms. The summed E-state index contributed by atoms with van der Waals surface area (Å²) in [7, 11) is 1.50. The summed E-state index contributed by atoms with van der Waals surface area (Å²) in [4.78, 5) is 11.9. The van der Waals surface area contributed by atoms with E-state index in [-0.39, 0.29) is 25.9 Å². The van der Waals surface area contributed by atoms with Crippen molar-refractivity contribution in [3.05, 3.63) is 0 Å². The number of aliphatic hydroxyl groups excluding tert-OH is 6. The first-order valence-corrected chi connectivity index (χ1v) is 16.3. The van der Waals surface area contributed by atoms with E-state index < -0.39 is 117 Å². The Morgan fingerprint density at radius 1 is 0.596 bits per heavy atom. The summed E-state index contributed by atoms with van der Waals surface area (Å²) in [5, 5.41) is 62.9. The SMILES string of the molecule is CO[C@@H]1C[C@@H](O)[C@H](O[C@H]2C[C@@H](O)[C@H](O[C@@H]3CC[C@H](O[C@@H]4O[C@@H](C=O)[C@@H](O[C@@H]5C[C@@H](O)[C@H](O)C(C)O5)[C@H](O)C4O)C(C)O3)CO2)C(C)O1. The van der Waals surface area contributed by atoms with Crippen molar-refractivity contribution in [1.29, 1.82) is 0 Å². The molecule has 6 N–H and O–H groups in total. The maximum Gasteiger partial charge on any atom is 0.187 e. The predicted octanol–water partition coefficient (Wildman–Crippen LogP) is -2.20. The van der Waals surface area contributed by atoms with Crippen molar-refractivity contribution in [3.8, 4) is 0 Å². The average Bonchev–Trinajstić information content (AvgIpc) is 3.03. The standard InChI is InChI=1S/C30H50O17/c1-12-18(44-30-27(37)26(36)29(19(10-31)45-30)47-24-8-16(33)25(35)13(2)41-24)5-6-21(40-12)43-20-11-39-23(7-15(20)32)46-28-14(3)42-22(38-4)9-17(28)34/h10,12-30,32-37H,5-9,11H2,1-4H3/t12?,13?,14?,15-,16-,17-,18+,19+,20-,21-,22+,23+,24-,25-,26-,27?,28-,29-,30-/m1/s1. The predicted molar refractivity (Wildman–Crippen MR) is 153 cm³/mol. The summed E-state index contributed by atoms with van der Waals surface area (Å²) in [6.07, 6.45) is -16.5. The van der Waals surface area contributed by atoms with Crippen LogP contribution in [0.3, 0.4) is 0 Å². The Balaban J connectivity index is 1.07. The smallest absolute Gasteiger partial charge is 0.187 e. The van der Waals surface area contributed by atoms with Gasteiger partial charge in [0.1, 0.15) is 42.7 Å². The van der Waals surface area contributed by atoms with Gasteiger partial charge in [-0.2, -0.15) is 0 Å². The van der Waals surface area contributed by atoms with Crippen molar-refractivity contribution >= 4 is 6.29 Å². The zero-order valence-corrected chi connectivity index (χ0v) is 27.0. The number of aliphatic hydroxyl groups is 6. The van der Waals surface area contributed by atoms with Crippen molar-refractivity contribution in [1.82, 2.24) is 0 Å². The molecule has 272 valence electrons. The molecule has 5 aliphatic rings. The minimum Gasteiger partial charge on any atom is -0.390 e. The number of ether oxygens (including phenoxy) is 10. The van der Waals surface area contributed by atoms with Crippen molar-refractivity contribution in [2.24, 2.45) is 0 Å². The molecule has 0 aliphatic carbocycles. The zero-order valence-electron chi connectivity index (χ0n) is 27.0. The Labute approximate surface area is 272 Å². The maximum absolute atomic E-state index is 11.9. The molecule has 5 rings (SSSR count). The average molecular weight is 683 g/mol. The molecule has 5 aliphatic heterocycles. The third-order valence-corrected chi connectivity index (χ3v) is 9.43. The lowest BCUT2D eigenvalue weighted by Crippen LogP contribution is -2.62. The van der Waals surface area contributed by atoms with E-state index in [1.54, 1.807) is 20.8 Å². The molecule has 0 aromatic rings. The Hall–Kier alpha value is -0.970. The molecule has 17 nitrogen and oxygen atoms in total. The van der Waals surface area contributed by atoms with Gasteiger partial charge in [-0.05, 0) is 27.2 Å². The highest BCUT2D eigenvalue weighted by molar-refractivity contribution is 5.57. The van der Waals surface area contributed by atoms with Crippen LogP contribution in [0.25, 0.3) is 0 Å². The quantitative estimate of drug-likeness (QED) is 0.134. The molecule has 0 radical (unpaired) electrons. The van der Waals surface area contributed by atoms with Gasteiger partial charge in [0, 0.05) is 32.8 Å². The van der Waals surface area contributed by atoms with E-state index in [1.807, 2.05) is 0 Å². The summed E-state index contributed by atoms with van der Waals surface area (Å²) in [6, 6.07) is 0. The second kappa shape index (κ2) is 16.4. The lowest BCUT2D eigenvalue weighted by atomic mass is 9.98. The largest absolute Gasteiger partial charge is 0.390 e. The van der Waals surface area contributed by atoms with Gasteiger partial charge in [-0.1, -0.05) is 0 Å². The van der Waals surface area contributed by atoms with Crippen molar-refractivity contribution in [2.45, 2.75) is 170 Å². The second-order valence-corrected chi connectivity index (χ2v) is 12.9. The molecule has 19 atom stereocenters. The van der Waals surface area contributed by atoms with Crippen LogP contribution in [0.5, 0.6) is 0 Å². The Kier molecular flexibility index (Phi) is 13.0. The van der Waals surface area contributed by atoms with Gasteiger partial charge in [-0.15, -0.1) is 0 Å². The Bertz CT molecular complexity index is 968. The molecule has 5 heterocycles. The summed E-state index contributed by atoms with van der Waals surface area (Å²) >= 11 is 0. The first-order chi connectivity index (χ1) is 22.4. The Morgan fingerprint density at radius 2 is 1.26 bits per heavy atom. The summed E-state index contributed by atoms with van der Waals surface area (Å²) in [5.74, 6) is 0. The number of carbonyl (C=O) groups excluding carboxylic acids is 1. The third kappa shape index (κ3) is 8.86. The molecule has 5 saturated heterocycles. The summed E-state index contributed by atoms with van der Waals surface area (Å²) < 4.78 is 57.5. The number of aldehydes is 1. The Morgan fingerprint density at radius 3 is 1.89 bits per heavy atom. The molecule has 0 bridgehead atoms. The molecule has 0 aromatic heterocycles. The lowest BCUT2D eigenvalue weighted by molar-refractivity contribution is -0.348. The molecule has 4 unspecified atom stereocenters. The van der Waals surface area contributed by atoms with Gasteiger partial charge in [-0.3, -0.25) is 0 Å². The van der Waals surface area contributed by atoms with Crippen LogP contribution in [0, 0.1) is 0 Å². The highest BCUT2D eigenvalue weighted by Crippen LogP contribution is 2.33. The van der Waals surface area contributed by atoms with Crippen LogP contribution in [0.15, 0.2) is 0 Å². The van der Waals surface area contributed by atoms with Gasteiger partial charge in [0.25, 0.3) is 0 Å². The number of rotatable bonds is 10. The van der Waals surface area contributed by atoms with Gasteiger partial charge in [-0.25, -0.2) is 0 Å². The van der Waals surface area contributed by atoms with Crippen molar-refractivity contribution in [2.75, 3.05) is 13.7 Å². The number of methoxy groups -OCH3 is 1. The van der Waals surface area contributed by atoms with Gasteiger partial charge < -0.3 is 82.8 Å². The highest BCUT2D eigenvalue weighted by atomic mass is 16.8. The van der Waals surface area contributed by atoms with Crippen LogP contribution < -0.4 is 0 Å². The highest BCUT2D eigenvalue weighted by Gasteiger charge is 2.50. The molecular weight excluding hydrogens is 632 g/mol. The van der Waals surface area contributed by atoms with Gasteiger partial charge in [0.15, 0.2) is 37.7 Å². The fourth-order valence-electron chi connectivity index (χ4n) is 6.61. The van der Waals surface area contributed by atoms with E-state index in [0.717, 1.165) is 0 Å². The lowest BCUT2D eigenvalue weighted by Gasteiger charge is -2.45. The minimum atomic E-state index is -1.59. The zero-order chi connectivity index (χ0) is 34.0. The monoisotopic (exact) mass is 682 g/mol. The van der Waals surface area contributed by atoms with Gasteiger partial charge in [0.05, 0.1) is 49.3 Å². The van der Waals surface area contributed by atoms with Crippen LogP contribution in [0.1, 0.15) is 52.9 Å². The molecule has 5 fully saturated rings. The molecule has 47 heavy (non-hydrogen) atoms. The first kappa shape index (κ1) is 37.3. The number of carbonyl (C=O) groups is 1. The summed E-state index contributed by atoms with van der Waals surface area (Å²) in [5.41, 5.74) is 0.